The first kappa shape index (κ1) is 24.0. The molecule has 1 aromatic carbocycles. The third-order valence-electron chi connectivity index (χ3n) is 4.69. The fraction of sp³-hybridized carbons (Fsp3) is 0.652. The fourth-order valence-corrected chi connectivity index (χ4v) is 3.02. The van der Waals surface area contributed by atoms with Gasteiger partial charge in [0.15, 0.2) is 5.84 Å². The first-order valence-corrected chi connectivity index (χ1v) is 10.9. The number of amidine groups is 1. The molecule has 0 saturated carbocycles. The molecule has 2 N–H and O–H groups in total. The molecule has 5 nitrogen and oxygen atoms in total. The maximum absolute atomic E-state index is 10.7. The van der Waals surface area contributed by atoms with Gasteiger partial charge in [-0.3, -0.25) is 0 Å². The predicted molar refractivity (Wildman–Crippen MR) is 116 cm³/mol. The van der Waals surface area contributed by atoms with E-state index in [4.69, 9.17) is 10.5 Å². The van der Waals surface area contributed by atoms with E-state index in [1.807, 2.05) is 12.1 Å². The molecule has 5 heteroatoms. The summed E-state index contributed by atoms with van der Waals surface area (Å²) in [6, 6.07) is 7.32. The van der Waals surface area contributed by atoms with Crippen LogP contribution in [0.5, 0.6) is 5.75 Å². The van der Waals surface area contributed by atoms with Crippen molar-refractivity contribution in [1.29, 1.82) is 0 Å². The average Bonchev–Trinajstić information content (AvgIpc) is 2.70. The number of ether oxygens (including phenoxy) is 1. The summed E-state index contributed by atoms with van der Waals surface area (Å²) in [7, 11) is 0. The van der Waals surface area contributed by atoms with Crippen molar-refractivity contribution in [1.82, 2.24) is 0 Å². The van der Waals surface area contributed by atoms with Gasteiger partial charge in [-0.1, -0.05) is 82.7 Å². The van der Waals surface area contributed by atoms with Crippen molar-refractivity contribution in [3.63, 3.8) is 0 Å². The first-order chi connectivity index (χ1) is 13.6. The Bertz CT molecular complexity index is 555. The Labute approximate surface area is 170 Å². The highest BCUT2D eigenvalue weighted by molar-refractivity contribution is 5.97. The number of carbonyl (C=O) groups is 1. The number of nitrogens with two attached hydrogens (primary N) is 1. The largest absolute Gasteiger partial charge is 0.494 e. The van der Waals surface area contributed by atoms with Crippen LogP contribution in [0, 0.1) is 0 Å². The number of unbranched alkanes of at least 4 members (excludes halogenated alkanes) is 11. The average molecular weight is 391 g/mol. The Hall–Kier alpha value is -2.04. The molecule has 0 atom stereocenters. The van der Waals surface area contributed by atoms with Crippen LogP contribution in [-0.2, 0) is 9.63 Å². The summed E-state index contributed by atoms with van der Waals surface area (Å²) in [5.41, 5.74) is 6.44. The molecule has 0 fully saturated rings. The molecular weight excluding hydrogens is 352 g/mol. The summed E-state index contributed by atoms with van der Waals surface area (Å²) in [5.74, 6) is 0.486. The molecule has 0 radical (unpaired) electrons. The highest BCUT2D eigenvalue weighted by atomic mass is 16.7. The summed E-state index contributed by atoms with van der Waals surface area (Å²) < 4.78 is 5.76. The van der Waals surface area contributed by atoms with Gasteiger partial charge in [0.25, 0.3) is 0 Å². The molecule has 0 aliphatic heterocycles. The number of benzene rings is 1. The molecule has 0 aliphatic carbocycles. The van der Waals surface area contributed by atoms with Crippen LogP contribution in [-0.4, -0.2) is 18.4 Å². The Morgan fingerprint density at radius 3 is 1.86 bits per heavy atom. The fourth-order valence-electron chi connectivity index (χ4n) is 3.02. The van der Waals surface area contributed by atoms with Crippen molar-refractivity contribution in [2.75, 3.05) is 6.61 Å². The molecule has 158 valence electrons. The van der Waals surface area contributed by atoms with Gasteiger partial charge in [0.2, 0.25) is 0 Å². The van der Waals surface area contributed by atoms with Crippen LogP contribution >= 0.6 is 0 Å². The molecule has 0 aliphatic rings. The van der Waals surface area contributed by atoms with E-state index in [1.165, 1.54) is 77.6 Å². The van der Waals surface area contributed by atoms with E-state index in [1.54, 1.807) is 12.1 Å². The molecule has 0 spiro atoms. The van der Waals surface area contributed by atoms with Gasteiger partial charge in [-0.15, -0.1) is 0 Å². The lowest BCUT2D eigenvalue weighted by Crippen LogP contribution is -2.14. The molecule has 28 heavy (non-hydrogen) atoms. The van der Waals surface area contributed by atoms with Crippen molar-refractivity contribution in [2.24, 2.45) is 10.9 Å². The van der Waals surface area contributed by atoms with Gasteiger partial charge in [0.1, 0.15) is 5.75 Å². The summed E-state index contributed by atoms with van der Waals surface area (Å²) in [4.78, 5) is 15.3. The third kappa shape index (κ3) is 12.4. The molecule has 0 saturated heterocycles. The quantitative estimate of drug-likeness (QED) is 0.124. The van der Waals surface area contributed by atoms with Gasteiger partial charge in [0.05, 0.1) is 6.61 Å². The topological polar surface area (TPSA) is 73.9 Å². The molecule has 1 rings (SSSR count). The van der Waals surface area contributed by atoms with E-state index in [0.29, 0.717) is 5.56 Å². The molecular formula is C23H38N2O3. The SMILES string of the molecule is CCCCCCCCCCCCCCOc1ccc(/C(N)=N/OC(C)=O)cc1. The molecule has 0 heterocycles. The predicted octanol–water partition coefficient (Wildman–Crippen LogP) is 5.95. The smallest absolute Gasteiger partial charge is 0.332 e. The first-order valence-electron chi connectivity index (χ1n) is 10.9. The third-order valence-corrected chi connectivity index (χ3v) is 4.69. The van der Waals surface area contributed by atoms with E-state index in [9.17, 15) is 4.79 Å². The molecule has 0 amide bonds. The number of rotatable bonds is 16. The lowest BCUT2D eigenvalue weighted by atomic mass is 10.1. The summed E-state index contributed by atoms with van der Waals surface area (Å²) in [6.45, 7) is 4.28. The van der Waals surface area contributed by atoms with Gasteiger partial charge >= 0.3 is 5.97 Å². The zero-order valence-electron chi connectivity index (χ0n) is 17.8. The van der Waals surface area contributed by atoms with Gasteiger partial charge in [-0.05, 0) is 30.7 Å². The van der Waals surface area contributed by atoms with Crippen LogP contribution in [0.15, 0.2) is 29.4 Å². The van der Waals surface area contributed by atoms with E-state index in [-0.39, 0.29) is 5.84 Å². The number of hydrogen-bond donors (Lipinski definition) is 1. The molecule has 0 unspecified atom stereocenters. The summed E-state index contributed by atoms with van der Waals surface area (Å²) in [5, 5.41) is 3.57. The van der Waals surface area contributed by atoms with Crippen LogP contribution in [0.2, 0.25) is 0 Å². The van der Waals surface area contributed by atoms with Gasteiger partial charge in [0, 0.05) is 12.5 Å². The molecule has 0 bridgehead atoms. The summed E-state index contributed by atoms with van der Waals surface area (Å²) in [6.07, 6.45) is 16.0. The second-order valence-electron chi connectivity index (χ2n) is 7.32. The highest BCUT2D eigenvalue weighted by Gasteiger charge is 2.01. The zero-order valence-corrected chi connectivity index (χ0v) is 17.8. The number of oxime groups is 1. The van der Waals surface area contributed by atoms with Crippen molar-refractivity contribution in [2.45, 2.75) is 90.9 Å². The minimum absolute atomic E-state index is 0.169. The Morgan fingerprint density at radius 2 is 1.36 bits per heavy atom. The second-order valence-corrected chi connectivity index (χ2v) is 7.32. The van der Waals surface area contributed by atoms with Crippen LogP contribution in [0.1, 0.15) is 96.5 Å². The normalized spacial score (nSPS) is 11.4. The van der Waals surface area contributed by atoms with Crippen LogP contribution in [0.3, 0.4) is 0 Å². The second kappa shape index (κ2) is 16.0. The number of nitrogens with zero attached hydrogens (tertiary/aromatic N) is 1. The van der Waals surface area contributed by atoms with Gasteiger partial charge < -0.3 is 15.3 Å². The lowest BCUT2D eigenvalue weighted by molar-refractivity contribution is -0.140. The van der Waals surface area contributed by atoms with Crippen molar-refractivity contribution >= 4 is 11.8 Å². The van der Waals surface area contributed by atoms with E-state index >= 15 is 0 Å². The number of hydrogen-bond acceptors (Lipinski definition) is 4. The van der Waals surface area contributed by atoms with Crippen LogP contribution < -0.4 is 10.5 Å². The Morgan fingerprint density at radius 1 is 0.857 bits per heavy atom. The van der Waals surface area contributed by atoms with Crippen molar-refractivity contribution in [3.05, 3.63) is 29.8 Å². The van der Waals surface area contributed by atoms with E-state index < -0.39 is 5.97 Å². The van der Waals surface area contributed by atoms with Crippen LogP contribution in [0.25, 0.3) is 0 Å². The Kier molecular flexibility index (Phi) is 13.7. The van der Waals surface area contributed by atoms with Crippen molar-refractivity contribution in [3.8, 4) is 5.75 Å². The summed E-state index contributed by atoms with van der Waals surface area (Å²) >= 11 is 0. The zero-order chi connectivity index (χ0) is 20.5. The van der Waals surface area contributed by atoms with Gasteiger partial charge in [-0.25, -0.2) is 4.79 Å². The maximum Gasteiger partial charge on any atom is 0.332 e. The van der Waals surface area contributed by atoms with Gasteiger partial charge in [-0.2, -0.15) is 0 Å². The Balaban J connectivity index is 2.02. The lowest BCUT2D eigenvalue weighted by Gasteiger charge is -2.07. The number of carbonyl (C=O) groups excluding carboxylic acids is 1. The molecule has 1 aromatic rings. The van der Waals surface area contributed by atoms with E-state index in [0.717, 1.165) is 18.8 Å². The molecule has 0 aromatic heterocycles. The van der Waals surface area contributed by atoms with Crippen molar-refractivity contribution < 1.29 is 14.4 Å². The van der Waals surface area contributed by atoms with E-state index in [2.05, 4.69) is 16.9 Å². The van der Waals surface area contributed by atoms with Crippen LogP contribution in [0.4, 0.5) is 0 Å². The highest BCUT2D eigenvalue weighted by Crippen LogP contribution is 2.14. The standard InChI is InChI=1S/C23H38N2O3/c1-3-4-5-6-7-8-9-10-11-12-13-14-19-27-22-17-15-21(16-18-22)23(24)25-28-20(2)26/h15-18H,3-14,19H2,1-2H3,(H2,24,25). The monoisotopic (exact) mass is 390 g/mol. The maximum atomic E-state index is 10.7. The minimum atomic E-state index is -0.495. The minimum Gasteiger partial charge on any atom is -0.494 e.